The van der Waals surface area contributed by atoms with E-state index in [4.69, 9.17) is 4.74 Å². The SMILES string of the molecule is CNC(=O)Nc1ccc2c(c1)CC[C@@]21OC(=O)N(CC(=O)N2[C@H](c3ccc(F)cc3)CCC23CC3)C1=O. The van der Waals surface area contributed by atoms with Crippen LogP contribution in [0.25, 0.3) is 0 Å². The summed E-state index contributed by atoms with van der Waals surface area (Å²) in [4.78, 5) is 54.6. The molecule has 2 saturated heterocycles. The molecule has 2 aromatic rings. The molecule has 2 heterocycles. The number of nitrogens with one attached hydrogen (secondary N) is 2. The fraction of sp³-hybridized carbons (Fsp3) is 0.407. The predicted octanol–water partition coefficient (Wildman–Crippen LogP) is 3.59. The van der Waals surface area contributed by atoms with Gasteiger partial charge in [0.25, 0.3) is 5.91 Å². The molecular formula is C27H27FN4O5. The van der Waals surface area contributed by atoms with Gasteiger partial charge in [-0.05, 0) is 67.5 Å². The highest BCUT2D eigenvalue weighted by atomic mass is 19.1. The van der Waals surface area contributed by atoms with E-state index in [-0.39, 0.29) is 35.8 Å². The lowest BCUT2D eigenvalue weighted by Crippen LogP contribution is -2.47. The minimum atomic E-state index is -1.46. The van der Waals surface area contributed by atoms with Crippen LogP contribution in [0, 0.1) is 5.82 Å². The molecule has 192 valence electrons. The van der Waals surface area contributed by atoms with Gasteiger partial charge in [-0.1, -0.05) is 18.2 Å². The monoisotopic (exact) mass is 506 g/mol. The zero-order valence-corrected chi connectivity index (χ0v) is 20.4. The van der Waals surface area contributed by atoms with E-state index in [1.807, 2.05) is 4.90 Å². The number of nitrogens with zero attached hydrogens (tertiary/aromatic N) is 2. The maximum absolute atomic E-state index is 13.6. The van der Waals surface area contributed by atoms with Crippen LogP contribution in [0.3, 0.4) is 0 Å². The zero-order valence-electron chi connectivity index (χ0n) is 20.4. The van der Waals surface area contributed by atoms with Crippen molar-refractivity contribution >= 4 is 29.6 Å². The van der Waals surface area contributed by atoms with E-state index < -0.39 is 24.1 Å². The molecule has 0 bridgehead atoms. The largest absolute Gasteiger partial charge is 0.427 e. The Hall–Kier alpha value is -3.95. The smallest absolute Gasteiger partial charge is 0.418 e. The second-order valence-electron chi connectivity index (χ2n) is 10.3. The van der Waals surface area contributed by atoms with Crippen molar-refractivity contribution in [1.29, 1.82) is 0 Å². The third kappa shape index (κ3) is 3.65. The number of amides is 5. The highest BCUT2D eigenvalue weighted by molar-refractivity contribution is 6.06. The van der Waals surface area contributed by atoms with Gasteiger partial charge in [0.1, 0.15) is 12.4 Å². The molecule has 4 aliphatic rings. The summed E-state index contributed by atoms with van der Waals surface area (Å²) >= 11 is 0. The van der Waals surface area contributed by atoms with E-state index >= 15 is 0 Å². The van der Waals surface area contributed by atoms with E-state index in [9.17, 15) is 23.6 Å². The maximum atomic E-state index is 13.6. The van der Waals surface area contributed by atoms with Crippen LogP contribution in [-0.4, -0.2) is 52.9 Å². The first-order valence-electron chi connectivity index (χ1n) is 12.5. The number of hydrogen-bond donors (Lipinski definition) is 2. The third-order valence-electron chi connectivity index (χ3n) is 8.19. The van der Waals surface area contributed by atoms with E-state index in [2.05, 4.69) is 10.6 Å². The molecule has 10 heteroatoms. The first kappa shape index (κ1) is 23.4. The number of ether oxygens (including phenoxy) is 1. The molecule has 6 rings (SSSR count). The number of anilines is 1. The van der Waals surface area contributed by atoms with Crippen molar-refractivity contribution in [3.63, 3.8) is 0 Å². The second kappa shape index (κ2) is 8.29. The van der Waals surface area contributed by atoms with Gasteiger partial charge in [-0.15, -0.1) is 0 Å². The number of urea groups is 1. The normalized spacial score (nSPS) is 25.0. The first-order chi connectivity index (χ1) is 17.8. The van der Waals surface area contributed by atoms with Gasteiger partial charge in [-0.25, -0.2) is 18.9 Å². The van der Waals surface area contributed by atoms with Crippen LogP contribution in [0.5, 0.6) is 0 Å². The molecule has 2 N–H and O–H groups in total. The van der Waals surface area contributed by atoms with E-state index in [0.717, 1.165) is 41.7 Å². The fourth-order valence-electron chi connectivity index (χ4n) is 6.20. The van der Waals surface area contributed by atoms with Crippen LogP contribution in [0.2, 0.25) is 0 Å². The van der Waals surface area contributed by atoms with Crippen LogP contribution < -0.4 is 10.6 Å². The number of halogens is 1. The van der Waals surface area contributed by atoms with Crippen molar-refractivity contribution < 1.29 is 28.3 Å². The van der Waals surface area contributed by atoms with Gasteiger partial charge in [0.2, 0.25) is 11.5 Å². The predicted molar refractivity (Wildman–Crippen MR) is 130 cm³/mol. The molecule has 2 atom stereocenters. The molecule has 0 aromatic heterocycles. The number of imide groups is 1. The van der Waals surface area contributed by atoms with Crippen molar-refractivity contribution in [1.82, 2.24) is 15.1 Å². The molecule has 2 aromatic carbocycles. The zero-order chi connectivity index (χ0) is 25.9. The van der Waals surface area contributed by atoms with E-state index in [1.165, 1.54) is 19.2 Å². The molecule has 1 saturated carbocycles. The number of rotatable bonds is 4. The molecule has 2 spiro atoms. The minimum Gasteiger partial charge on any atom is -0.427 e. The number of aryl methyl sites for hydroxylation is 1. The summed E-state index contributed by atoms with van der Waals surface area (Å²) in [5.41, 5.74) is 1.07. The van der Waals surface area contributed by atoms with Crippen LogP contribution in [0.1, 0.15) is 54.8 Å². The number of fused-ring (bicyclic) bond motifs is 2. The van der Waals surface area contributed by atoms with Gasteiger partial charge < -0.3 is 20.3 Å². The van der Waals surface area contributed by atoms with Crippen LogP contribution in [0.15, 0.2) is 42.5 Å². The van der Waals surface area contributed by atoms with Crippen molar-refractivity contribution in [2.45, 2.75) is 55.7 Å². The summed E-state index contributed by atoms with van der Waals surface area (Å²) in [6.45, 7) is -0.398. The molecule has 37 heavy (non-hydrogen) atoms. The van der Waals surface area contributed by atoms with Crippen molar-refractivity contribution in [3.8, 4) is 0 Å². The Balaban J connectivity index is 1.23. The van der Waals surface area contributed by atoms with Crippen molar-refractivity contribution in [2.75, 3.05) is 18.9 Å². The van der Waals surface area contributed by atoms with Gasteiger partial charge in [-0.2, -0.15) is 0 Å². The Morgan fingerprint density at radius 2 is 1.84 bits per heavy atom. The standard InChI is InChI=1S/C27H27FN4O5/c1-29-24(35)30-19-6-7-20-17(14-19)8-11-27(20)23(34)31(25(36)37-27)15-22(33)32-21(9-10-26(32)12-13-26)16-2-4-18(28)5-3-16/h2-7,14,21H,8-13,15H2,1H3,(H2,29,30,35)/t21-,27+/m0/s1. The molecule has 0 radical (unpaired) electrons. The summed E-state index contributed by atoms with van der Waals surface area (Å²) in [7, 11) is 1.51. The number of hydrogen-bond acceptors (Lipinski definition) is 5. The maximum Gasteiger partial charge on any atom is 0.418 e. The lowest BCUT2D eigenvalue weighted by Gasteiger charge is -2.32. The van der Waals surface area contributed by atoms with Crippen LogP contribution in [-0.2, 0) is 26.3 Å². The summed E-state index contributed by atoms with van der Waals surface area (Å²) in [5.74, 6) is -1.20. The molecular weight excluding hydrogens is 479 g/mol. The summed E-state index contributed by atoms with van der Waals surface area (Å²) in [6, 6.07) is 10.7. The molecule has 2 aliphatic heterocycles. The number of benzene rings is 2. The number of carbonyl (C=O) groups is 4. The minimum absolute atomic E-state index is 0.225. The second-order valence-corrected chi connectivity index (χ2v) is 10.3. The Kier molecular flexibility index (Phi) is 5.25. The summed E-state index contributed by atoms with van der Waals surface area (Å²) in [6.07, 6.45) is 3.26. The number of carbonyl (C=O) groups excluding carboxylic acids is 4. The fourth-order valence-corrected chi connectivity index (χ4v) is 6.20. The highest BCUT2D eigenvalue weighted by Gasteiger charge is 2.60. The van der Waals surface area contributed by atoms with Gasteiger partial charge in [0.15, 0.2) is 0 Å². The van der Waals surface area contributed by atoms with E-state index in [1.54, 1.807) is 30.3 Å². The van der Waals surface area contributed by atoms with Crippen LogP contribution >= 0.6 is 0 Å². The van der Waals surface area contributed by atoms with E-state index in [0.29, 0.717) is 17.7 Å². The highest BCUT2D eigenvalue weighted by Crippen LogP contribution is 2.56. The molecule has 0 unspecified atom stereocenters. The van der Waals surface area contributed by atoms with Gasteiger partial charge in [0, 0.05) is 30.3 Å². The molecule has 2 aliphatic carbocycles. The van der Waals surface area contributed by atoms with Crippen molar-refractivity contribution in [3.05, 3.63) is 65.0 Å². The lowest BCUT2D eigenvalue weighted by molar-refractivity contribution is -0.143. The molecule has 5 amide bonds. The Morgan fingerprint density at radius 1 is 1.08 bits per heavy atom. The Bertz CT molecular complexity index is 1320. The average molecular weight is 507 g/mol. The van der Waals surface area contributed by atoms with Gasteiger partial charge in [0.05, 0.1) is 6.04 Å². The average Bonchev–Trinajstić information content (AvgIpc) is 3.34. The van der Waals surface area contributed by atoms with Crippen LogP contribution in [0.4, 0.5) is 19.7 Å². The third-order valence-corrected chi connectivity index (χ3v) is 8.19. The Labute approximate surface area is 212 Å². The van der Waals surface area contributed by atoms with Gasteiger partial charge >= 0.3 is 12.1 Å². The van der Waals surface area contributed by atoms with Crippen molar-refractivity contribution in [2.24, 2.45) is 0 Å². The molecule has 9 nitrogen and oxygen atoms in total. The topological polar surface area (TPSA) is 108 Å². The molecule has 3 fully saturated rings. The first-order valence-corrected chi connectivity index (χ1v) is 12.5. The quantitative estimate of drug-likeness (QED) is 0.659. The summed E-state index contributed by atoms with van der Waals surface area (Å²) < 4.78 is 19.2. The Morgan fingerprint density at radius 3 is 2.54 bits per heavy atom. The number of likely N-dealkylation sites (tertiary alicyclic amines) is 1. The van der Waals surface area contributed by atoms with Gasteiger partial charge in [-0.3, -0.25) is 9.59 Å². The summed E-state index contributed by atoms with van der Waals surface area (Å²) in [5, 5.41) is 5.18. The lowest BCUT2D eigenvalue weighted by atomic mass is 9.94.